The van der Waals surface area contributed by atoms with E-state index in [4.69, 9.17) is 14.2 Å². The van der Waals surface area contributed by atoms with Gasteiger partial charge in [0.25, 0.3) is 0 Å². The summed E-state index contributed by atoms with van der Waals surface area (Å²) in [4.78, 5) is 0. The second-order valence-electron chi connectivity index (χ2n) is 3.55. The molecule has 0 aromatic heterocycles. The first-order valence-electron chi connectivity index (χ1n) is 4.76. The molecular weight excluding hydrogens is 180 g/mol. The number of ether oxygens (including phenoxy) is 3. The third-order valence-corrected chi connectivity index (χ3v) is 2.02. The van der Waals surface area contributed by atoms with Gasteiger partial charge in [0.05, 0.1) is 12.7 Å². The van der Waals surface area contributed by atoms with Gasteiger partial charge in [0.2, 0.25) is 6.79 Å². The zero-order valence-corrected chi connectivity index (χ0v) is 8.45. The summed E-state index contributed by atoms with van der Waals surface area (Å²) in [5.74, 6) is 1.63. The molecule has 1 aromatic carbocycles. The molecule has 0 spiro atoms. The van der Waals surface area contributed by atoms with Crippen molar-refractivity contribution in [3.8, 4) is 11.5 Å². The highest BCUT2D eigenvalue weighted by molar-refractivity contribution is 5.44. The van der Waals surface area contributed by atoms with Crippen LogP contribution in [-0.4, -0.2) is 12.9 Å². The predicted octanol–water partition coefficient (Wildman–Crippen LogP) is 2.34. The topological polar surface area (TPSA) is 27.7 Å². The Balaban J connectivity index is 2.05. The monoisotopic (exact) mass is 194 g/mol. The molecule has 1 aromatic rings. The lowest BCUT2D eigenvalue weighted by Crippen LogP contribution is -2.01. The van der Waals surface area contributed by atoms with Crippen LogP contribution in [-0.2, 0) is 11.3 Å². The van der Waals surface area contributed by atoms with Gasteiger partial charge in [0.1, 0.15) is 0 Å². The van der Waals surface area contributed by atoms with Crippen molar-refractivity contribution in [3.63, 3.8) is 0 Å². The molecule has 1 heterocycles. The van der Waals surface area contributed by atoms with E-state index in [0.29, 0.717) is 13.4 Å². The molecule has 0 bridgehead atoms. The van der Waals surface area contributed by atoms with Crippen LogP contribution in [0.25, 0.3) is 0 Å². The summed E-state index contributed by atoms with van der Waals surface area (Å²) >= 11 is 0. The zero-order chi connectivity index (χ0) is 9.97. The van der Waals surface area contributed by atoms with Crippen molar-refractivity contribution in [2.45, 2.75) is 26.6 Å². The number of hydrogen-bond acceptors (Lipinski definition) is 3. The number of rotatable bonds is 3. The molecule has 1 aliphatic heterocycles. The van der Waals surface area contributed by atoms with Gasteiger partial charge in [0, 0.05) is 0 Å². The van der Waals surface area contributed by atoms with Crippen LogP contribution in [0.3, 0.4) is 0 Å². The summed E-state index contributed by atoms with van der Waals surface area (Å²) in [5, 5.41) is 0. The Morgan fingerprint density at radius 1 is 1.29 bits per heavy atom. The minimum atomic E-state index is 0.250. The smallest absolute Gasteiger partial charge is 0.231 e. The molecule has 0 fully saturated rings. The SMILES string of the molecule is CC(C)OCc1ccc2c(c1)OCO2. The Morgan fingerprint density at radius 2 is 2.07 bits per heavy atom. The maximum absolute atomic E-state index is 5.49. The summed E-state index contributed by atoms with van der Waals surface area (Å²) in [7, 11) is 0. The molecule has 1 aliphatic rings. The molecule has 0 unspecified atom stereocenters. The van der Waals surface area contributed by atoms with Crippen molar-refractivity contribution in [2.75, 3.05) is 6.79 Å². The minimum absolute atomic E-state index is 0.250. The standard InChI is InChI=1S/C11H14O3/c1-8(2)12-6-9-3-4-10-11(5-9)14-7-13-10/h3-5,8H,6-7H2,1-2H3. The molecular formula is C11H14O3. The third-order valence-electron chi connectivity index (χ3n) is 2.02. The molecule has 0 N–H and O–H groups in total. The normalized spacial score (nSPS) is 13.6. The van der Waals surface area contributed by atoms with E-state index in [2.05, 4.69) is 0 Å². The summed E-state index contributed by atoms with van der Waals surface area (Å²) < 4.78 is 16.0. The number of benzene rings is 1. The Labute approximate surface area is 83.6 Å². The minimum Gasteiger partial charge on any atom is -0.454 e. The lowest BCUT2D eigenvalue weighted by Gasteiger charge is -2.07. The van der Waals surface area contributed by atoms with Crippen molar-refractivity contribution >= 4 is 0 Å². The Bertz CT molecular complexity index is 320. The van der Waals surface area contributed by atoms with Crippen LogP contribution < -0.4 is 9.47 Å². The first-order chi connectivity index (χ1) is 6.75. The first-order valence-corrected chi connectivity index (χ1v) is 4.76. The van der Waals surface area contributed by atoms with Gasteiger partial charge >= 0.3 is 0 Å². The summed E-state index contributed by atoms with van der Waals surface area (Å²) in [6, 6.07) is 5.88. The lowest BCUT2D eigenvalue weighted by atomic mass is 10.2. The van der Waals surface area contributed by atoms with Crippen molar-refractivity contribution in [3.05, 3.63) is 23.8 Å². The van der Waals surface area contributed by atoms with E-state index >= 15 is 0 Å². The molecule has 0 saturated carbocycles. The average Bonchev–Trinajstić information content (AvgIpc) is 2.61. The van der Waals surface area contributed by atoms with Crippen LogP contribution in [0.2, 0.25) is 0 Å². The molecule has 0 atom stereocenters. The van der Waals surface area contributed by atoms with Gasteiger partial charge in [-0.25, -0.2) is 0 Å². The van der Waals surface area contributed by atoms with Gasteiger partial charge in [-0.1, -0.05) is 6.07 Å². The fraction of sp³-hybridized carbons (Fsp3) is 0.455. The molecule has 0 saturated heterocycles. The summed E-state index contributed by atoms with van der Waals surface area (Å²) in [6.45, 7) is 4.98. The van der Waals surface area contributed by atoms with Crippen LogP contribution in [0.15, 0.2) is 18.2 Å². The Kier molecular flexibility index (Phi) is 2.59. The van der Waals surface area contributed by atoms with Gasteiger partial charge in [-0.05, 0) is 31.5 Å². The fourth-order valence-electron chi connectivity index (χ4n) is 1.29. The quantitative estimate of drug-likeness (QED) is 0.739. The average molecular weight is 194 g/mol. The molecule has 3 nitrogen and oxygen atoms in total. The number of hydrogen-bond donors (Lipinski definition) is 0. The van der Waals surface area contributed by atoms with Crippen molar-refractivity contribution in [1.29, 1.82) is 0 Å². The van der Waals surface area contributed by atoms with Gasteiger partial charge in [0.15, 0.2) is 11.5 Å². The van der Waals surface area contributed by atoms with Crippen molar-refractivity contribution in [2.24, 2.45) is 0 Å². The molecule has 0 radical (unpaired) electrons. The maximum atomic E-state index is 5.49. The van der Waals surface area contributed by atoms with Crippen LogP contribution in [0.5, 0.6) is 11.5 Å². The molecule has 14 heavy (non-hydrogen) atoms. The van der Waals surface area contributed by atoms with E-state index in [1.807, 2.05) is 32.0 Å². The van der Waals surface area contributed by atoms with Crippen LogP contribution in [0, 0.1) is 0 Å². The van der Waals surface area contributed by atoms with Gasteiger partial charge in [-0.15, -0.1) is 0 Å². The molecule has 2 rings (SSSR count). The lowest BCUT2D eigenvalue weighted by molar-refractivity contribution is 0.0656. The van der Waals surface area contributed by atoms with E-state index in [0.717, 1.165) is 17.1 Å². The van der Waals surface area contributed by atoms with E-state index in [1.165, 1.54) is 0 Å². The van der Waals surface area contributed by atoms with E-state index < -0.39 is 0 Å². The summed E-state index contributed by atoms with van der Waals surface area (Å²) in [6.07, 6.45) is 0.250. The zero-order valence-electron chi connectivity index (χ0n) is 8.45. The van der Waals surface area contributed by atoms with Gasteiger partial charge in [-0.3, -0.25) is 0 Å². The highest BCUT2D eigenvalue weighted by Gasteiger charge is 2.12. The van der Waals surface area contributed by atoms with Crippen LogP contribution >= 0.6 is 0 Å². The van der Waals surface area contributed by atoms with Gasteiger partial charge < -0.3 is 14.2 Å². The second kappa shape index (κ2) is 3.88. The Hall–Kier alpha value is -1.22. The van der Waals surface area contributed by atoms with Crippen molar-refractivity contribution in [1.82, 2.24) is 0 Å². The molecule has 76 valence electrons. The molecule has 0 amide bonds. The Morgan fingerprint density at radius 3 is 2.86 bits per heavy atom. The first kappa shape index (κ1) is 9.34. The van der Waals surface area contributed by atoms with Crippen LogP contribution in [0.1, 0.15) is 19.4 Å². The second-order valence-corrected chi connectivity index (χ2v) is 3.55. The molecule has 0 aliphatic carbocycles. The summed E-state index contributed by atoms with van der Waals surface area (Å²) in [5.41, 5.74) is 1.11. The van der Waals surface area contributed by atoms with E-state index in [-0.39, 0.29) is 6.10 Å². The van der Waals surface area contributed by atoms with E-state index in [9.17, 15) is 0 Å². The predicted molar refractivity (Wildman–Crippen MR) is 52.5 cm³/mol. The maximum Gasteiger partial charge on any atom is 0.231 e. The number of fused-ring (bicyclic) bond motifs is 1. The largest absolute Gasteiger partial charge is 0.454 e. The molecule has 3 heteroatoms. The highest BCUT2D eigenvalue weighted by Crippen LogP contribution is 2.32. The fourth-order valence-corrected chi connectivity index (χ4v) is 1.29. The van der Waals surface area contributed by atoms with Crippen molar-refractivity contribution < 1.29 is 14.2 Å². The third kappa shape index (κ3) is 1.99. The van der Waals surface area contributed by atoms with E-state index in [1.54, 1.807) is 0 Å². The van der Waals surface area contributed by atoms with Gasteiger partial charge in [-0.2, -0.15) is 0 Å². The highest BCUT2D eigenvalue weighted by atomic mass is 16.7. The van der Waals surface area contributed by atoms with Crippen LogP contribution in [0.4, 0.5) is 0 Å².